The molecule has 4 aliphatic rings. The minimum absolute atomic E-state index is 0.0915. The van der Waals surface area contributed by atoms with Crippen molar-refractivity contribution in [3.8, 4) is 0 Å². The number of nitrogens with one attached hydrogen (secondary N) is 1. The molecule has 2 bridgehead atoms. The van der Waals surface area contributed by atoms with Gasteiger partial charge in [-0.25, -0.2) is 0 Å². The van der Waals surface area contributed by atoms with Crippen LogP contribution < -0.4 is 5.32 Å². The van der Waals surface area contributed by atoms with E-state index in [9.17, 15) is 34.5 Å². The van der Waals surface area contributed by atoms with Crippen molar-refractivity contribution in [2.45, 2.75) is 108 Å². The van der Waals surface area contributed by atoms with E-state index in [1.807, 2.05) is 0 Å². The van der Waals surface area contributed by atoms with Gasteiger partial charge in [0.1, 0.15) is 0 Å². The molecular formula is C40H47B2NO13. The summed E-state index contributed by atoms with van der Waals surface area (Å²) in [5, 5.41) is 39.5. The van der Waals surface area contributed by atoms with E-state index in [1.54, 1.807) is 81.4 Å². The second kappa shape index (κ2) is 15.1. The van der Waals surface area contributed by atoms with Gasteiger partial charge in [-0.15, -0.1) is 0 Å². The van der Waals surface area contributed by atoms with E-state index in [0.717, 1.165) is 13.9 Å². The number of aliphatic hydroxyl groups is 3. The Morgan fingerprint density at radius 2 is 1.61 bits per heavy atom. The molecule has 2 aromatic rings. The van der Waals surface area contributed by atoms with Crippen molar-refractivity contribution in [2.24, 2.45) is 16.7 Å². The third-order valence-electron chi connectivity index (χ3n) is 12.5. The zero-order valence-corrected chi connectivity index (χ0v) is 32.2. The van der Waals surface area contributed by atoms with E-state index in [1.165, 1.54) is 13.8 Å². The molecule has 1 amide bonds. The fourth-order valence-corrected chi connectivity index (χ4v) is 9.55. The van der Waals surface area contributed by atoms with Crippen LogP contribution in [0.25, 0.3) is 0 Å². The third-order valence-corrected chi connectivity index (χ3v) is 12.5. The number of esters is 3. The van der Waals surface area contributed by atoms with Crippen LogP contribution >= 0.6 is 0 Å². The first-order valence-corrected chi connectivity index (χ1v) is 18.5. The normalized spacial score (nSPS) is 34.0. The van der Waals surface area contributed by atoms with E-state index < -0.39 is 107 Å². The predicted octanol–water partition coefficient (Wildman–Crippen LogP) is 1.33. The fourth-order valence-electron chi connectivity index (χ4n) is 9.55. The van der Waals surface area contributed by atoms with Crippen LogP contribution in [-0.4, -0.2) is 114 Å². The zero-order valence-electron chi connectivity index (χ0n) is 32.2. The van der Waals surface area contributed by atoms with Crippen molar-refractivity contribution >= 4 is 44.0 Å². The van der Waals surface area contributed by atoms with Gasteiger partial charge < -0.3 is 0 Å². The van der Waals surface area contributed by atoms with Gasteiger partial charge in [-0.2, -0.15) is 0 Å². The number of carbonyl (C=O) groups excluding carboxylic acids is 5. The number of rotatable bonds is 10. The number of amides is 1. The Labute approximate surface area is 326 Å². The average Bonchev–Trinajstić information content (AvgIpc) is 3.15. The second-order valence-electron chi connectivity index (χ2n) is 15.9. The van der Waals surface area contributed by atoms with Crippen molar-refractivity contribution in [3.05, 3.63) is 82.9 Å². The number of ketones is 1. The van der Waals surface area contributed by atoms with Crippen molar-refractivity contribution in [2.75, 3.05) is 6.61 Å². The Balaban J connectivity index is 1.48. The van der Waals surface area contributed by atoms with Gasteiger partial charge in [0.25, 0.3) is 0 Å². The van der Waals surface area contributed by atoms with Gasteiger partial charge in [-0.3, -0.25) is 0 Å². The van der Waals surface area contributed by atoms with Crippen molar-refractivity contribution in [1.29, 1.82) is 0 Å². The number of benzene rings is 2. The van der Waals surface area contributed by atoms with E-state index in [-0.39, 0.29) is 29.7 Å². The van der Waals surface area contributed by atoms with E-state index in [2.05, 4.69) is 12.7 Å². The number of ether oxygens (including phenoxy) is 4. The standard InChI is InChI=1S/C40H47B2NO13/c1-20-25(54-36(50)30(47)29(23-13-9-7-10-14-23)43-35(49)24-15-11-8-12-16-24)18-40(51)34(56-42-41)32-38(6,26(46)17-27-39(32,19-52-27)55-22(3)45)33(48)31(53-21(2)44)28(20)37(40,4)5/h7-16,25-27,29-32,34,41,46-47,51H,17-19H2,1-6H3,(H,43,49)/t25?,26-,27?,29-,30+,31?,32?,34-,38?,39-,40?/m0/s1. The van der Waals surface area contributed by atoms with Gasteiger partial charge in [0.2, 0.25) is 0 Å². The molecule has 3 fully saturated rings. The van der Waals surface area contributed by atoms with Gasteiger partial charge >= 0.3 is 290 Å². The Morgan fingerprint density at radius 3 is 2.16 bits per heavy atom. The molecule has 3 aliphatic carbocycles. The van der Waals surface area contributed by atoms with Crippen LogP contribution in [0.4, 0.5) is 0 Å². The number of hydrogen-bond acceptors (Lipinski definition) is 13. The summed E-state index contributed by atoms with van der Waals surface area (Å²) in [5.74, 6) is -5.38. The molecule has 2 saturated carbocycles. The first kappa shape index (κ1) is 41.1. The predicted molar refractivity (Wildman–Crippen MR) is 200 cm³/mol. The molecule has 0 radical (unpaired) electrons. The molecule has 0 aromatic heterocycles. The quantitative estimate of drug-likeness (QED) is 0.117. The number of hydrogen-bond donors (Lipinski definition) is 4. The van der Waals surface area contributed by atoms with Crippen LogP contribution in [0, 0.1) is 16.7 Å². The Hall–Kier alpha value is -4.50. The van der Waals surface area contributed by atoms with Gasteiger partial charge in [0.15, 0.2) is 0 Å². The van der Waals surface area contributed by atoms with Gasteiger partial charge in [-0.1, -0.05) is 24.3 Å². The summed E-state index contributed by atoms with van der Waals surface area (Å²) in [5.41, 5.74) is -6.10. The third kappa shape index (κ3) is 6.53. The first-order chi connectivity index (χ1) is 26.3. The summed E-state index contributed by atoms with van der Waals surface area (Å²) in [6.07, 6.45) is -9.42. The maximum absolute atomic E-state index is 15.2. The van der Waals surface area contributed by atoms with Crippen molar-refractivity contribution in [1.82, 2.24) is 5.32 Å². The van der Waals surface area contributed by atoms with Crippen LogP contribution in [0.1, 0.15) is 76.3 Å². The number of fused-ring (bicyclic) bond motifs is 5. The van der Waals surface area contributed by atoms with E-state index >= 15 is 4.79 Å². The van der Waals surface area contributed by atoms with E-state index in [4.69, 9.17) is 23.6 Å². The fraction of sp³-hybridized carbons (Fsp3) is 0.525. The topological polar surface area (TPSA) is 204 Å². The van der Waals surface area contributed by atoms with Crippen molar-refractivity contribution in [3.63, 3.8) is 0 Å². The molecule has 11 atom stereocenters. The molecule has 1 saturated heterocycles. The summed E-state index contributed by atoms with van der Waals surface area (Å²) in [6, 6.07) is 15.3. The van der Waals surface area contributed by atoms with E-state index in [0.29, 0.717) is 5.56 Å². The minimum atomic E-state index is -2.15. The van der Waals surface area contributed by atoms with Crippen LogP contribution in [0.5, 0.6) is 0 Å². The molecule has 14 nitrogen and oxygen atoms in total. The summed E-state index contributed by atoms with van der Waals surface area (Å²) < 4.78 is 29.9. The first-order valence-electron chi connectivity index (χ1n) is 18.5. The molecule has 0 spiro atoms. The molecular weight excluding hydrogens is 724 g/mol. The van der Waals surface area contributed by atoms with Crippen LogP contribution in [-0.2, 0) is 42.8 Å². The maximum atomic E-state index is 15.2. The Kier molecular flexibility index (Phi) is 11.1. The van der Waals surface area contributed by atoms with Crippen molar-refractivity contribution < 1.29 is 62.9 Å². The second-order valence-corrected chi connectivity index (χ2v) is 15.9. The summed E-state index contributed by atoms with van der Waals surface area (Å²) >= 11 is 0. The molecule has 1 aliphatic heterocycles. The Morgan fingerprint density at radius 1 is 0.982 bits per heavy atom. The van der Waals surface area contributed by atoms with Crippen LogP contribution in [0.2, 0.25) is 0 Å². The Bertz CT molecular complexity index is 1940. The summed E-state index contributed by atoms with van der Waals surface area (Å²) in [6.45, 7) is 8.39. The monoisotopic (exact) mass is 771 g/mol. The van der Waals surface area contributed by atoms with Gasteiger partial charge in [0, 0.05) is 0 Å². The summed E-state index contributed by atoms with van der Waals surface area (Å²) in [4.78, 5) is 68.2. The zero-order chi connectivity index (χ0) is 41.0. The SMILES string of the molecule is B=BO[C@H]1C2C(C)(C(=O)C(OC(C)=O)C3=C(C)C(OC(=O)[C@H](O)[C@@H](NC(=O)c4ccccc4)c4ccccc4)CC1(O)C3(C)C)[C@@H](O)CC1OC[C@]12OC(C)=O. The number of Topliss-reactive ketones (excluding diaryl/α,β-unsaturated/α-hetero) is 1. The molecule has 16 heteroatoms. The molecule has 4 N–H and O–H groups in total. The number of carbonyl (C=O) groups is 5. The molecule has 296 valence electrons. The molecule has 6 unspecified atom stereocenters. The van der Waals surface area contributed by atoms with Crippen LogP contribution in [0.15, 0.2) is 71.8 Å². The van der Waals surface area contributed by atoms with Gasteiger partial charge in [-0.05, 0) is 12.1 Å². The number of aliphatic hydroxyl groups excluding tert-OH is 2. The molecule has 1 heterocycles. The molecule has 6 rings (SSSR count). The van der Waals surface area contributed by atoms with Crippen LogP contribution in [0.3, 0.4) is 0 Å². The summed E-state index contributed by atoms with van der Waals surface area (Å²) in [7, 11) is 4.81. The molecule has 2 aromatic carbocycles. The molecule has 56 heavy (non-hydrogen) atoms. The average molecular weight is 771 g/mol. The van der Waals surface area contributed by atoms with Gasteiger partial charge in [0.05, 0.1) is 0 Å².